The van der Waals surface area contributed by atoms with Crippen LogP contribution < -0.4 is 5.32 Å². The second-order valence-corrected chi connectivity index (χ2v) is 4.82. The summed E-state index contributed by atoms with van der Waals surface area (Å²) in [6.07, 6.45) is 0. The van der Waals surface area contributed by atoms with Gasteiger partial charge in [0.2, 0.25) is 5.91 Å². The minimum atomic E-state index is -0.209. The maximum Gasteiger partial charge on any atom is 0.240 e. The third-order valence-electron chi connectivity index (χ3n) is 2.24. The number of carbonyl (C=O) groups excluding carboxylic acids is 1. The topological polar surface area (TPSA) is 82.9 Å². The predicted octanol–water partition coefficient (Wildman–Crippen LogP) is 0.778. The third kappa shape index (κ3) is 2.84. The molecule has 18 heavy (non-hydrogen) atoms. The van der Waals surface area contributed by atoms with Crippen molar-refractivity contribution in [2.24, 2.45) is 0 Å². The van der Waals surface area contributed by atoms with E-state index in [0.717, 1.165) is 4.88 Å². The molecule has 0 atom stereocenters. The van der Waals surface area contributed by atoms with Crippen LogP contribution in [0.25, 0.3) is 10.7 Å². The predicted molar refractivity (Wildman–Crippen MR) is 70.8 cm³/mol. The van der Waals surface area contributed by atoms with Gasteiger partial charge in [-0.25, -0.2) is 0 Å². The van der Waals surface area contributed by atoms with Crippen LogP contribution in [0.2, 0.25) is 0 Å². The van der Waals surface area contributed by atoms with Gasteiger partial charge in [0.15, 0.2) is 10.6 Å². The number of aliphatic hydroxyl groups is 1. The molecule has 8 heteroatoms. The van der Waals surface area contributed by atoms with Gasteiger partial charge in [-0.2, -0.15) is 5.10 Å². The second-order valence-electron chi connectivity index (χ2n) is 3.49. The molecule has 0 aromatic carbocycles. The zero-order valence-corrected chi connectivity index (χ0v) is 11.1. The number of hydrogen-bond acceptors (Lipinski definition) is 5. The Kier molecular flexibility index (Phi) is 4.24. The first-order chi connectivity index (χ1) is 8.72. The van der Waals surface area contributed by atoms with Crippen molar-refractivity contribution in [3.8, 4) is 10.7 Å². The Labute approximate surface area is 112 Å². The highest BCUT2D eigenvalue weighted by Crippen LogP contribution is 2.22. The van der Waals surface area contributed by atoms with Crippen LogP contribution >= 0.6 is 23.6 Å². The average molecular weight is 284 g/mol. The zero-order chi connectivity index (χ0) is 13.0. The van der Waals surface area contributed by atoms with E-state index in [2.05, 4.69) is 15.5 Å². The number of carbonyl (C=O) groups is 1. The highest BCUT2D eigenvalue weighted by atomic mass is 32.1. The van der Waals surface area contributed by atoms with Crippen molar-refractivity contribution in [3.63, 3.8) is 0 Å². The largest absolute Gasteiger partial charge is 0.395 e. The number of nitrogens with zero attached hydrogens (tertiary/aromatic N) is 2. The lowest BCUT2D eigenvalue weighted by Gasteiger charge is -2.06. The molecule has 2 aromatic heterocycles. The summed E-state index contributed by atoms with van der Waals surface area (Å²) in [5.41, 5.74) is 0. The quantitative estimate of drug-likeness (QED) is 0.709. The summed E-state index contributed by atoms with van der Waals surface area (Å²) in [7, 11) is 0. The molecule has 0 aliphatic rings. The average Bonchev–Trinajstić information content (AvgIpc) is 2.98. The fourth-order valence-electron chi connectivity index (χ4n) is 1.45. The lowest BCUT2D eigenvalue weighted by molar-refractivity contribution is -0.121. The molecule has 2 aromatic rings. The van der Waals surface area contributed by atoms with Crippen molar-refractivity contribution >= 4 is 29.5 Å². The first-order valence-corrected chi connectivity index (χ1v) is 6.58. The van der Waals surface area contributed by atoms with Crippen molar-refractivity contribution in [2.45, 2.75) is 6.54 Å². The number of rotatable bonds is 5. The van der Waals surface area contributed by atoms with E-state index in [1.54, 1.807) is 4.57 Å². The number of aromatic amines is 1. The van der Waals surface area contributed by atoms with Gasteiger partial charge in [-0.05, 0) is 23.7 Å². The van der Waals surface area contributed by atoms with Crippen LogP contribution in [-0.4, -0.2) is 38.9 Å². The van der Waals surface area contributed by atoms with Gasteiger partial charge >= 0.3 is 0 Å². The Morgan fingerprint density at radius 3 is 3.17 bits per heavy atom. The number of aromatic nitrogens is 3. The number of nitrogens with one attached hydrogen (secondary N) is 2. The van der Waals surface area contributed by atoms with Crippen LogP contribution in [0.1, 0.15) is 0 Å². The molecule has 1 amide bonds. The molecule has 0 radical (unpaired) electrons. The normalized spacial score (nSPS) is 10.5. The van der Waals surface area contributed by atoms with Gasteiger partial charge in [0.1, 0.15) is 6.54 Å². The van der Waals surface area contributed by atoms with Gasteiger partial charge in [0.25, 0.3) is 0 Å². The Bertz CT molecular complexity index is 573. The van der Waals surface area contributed by atoms with Gasteiger partial charge in [0, 0.05) is 6.54 Å². The summed E-state index contributed by atoms with van der Waals surface area (Å²) in [5, 5.41) is 19.9. The molecule has 3 N–H and O–H groups in total. The highest BCUT2D eigenvalue weighted by Gasteiger charge is 2.12. The molecule has 0 bridgehead atoms. The van der Waals surface area contributed by atoms with Crippen LogP contribution in [0, 0.1) is 4.77 Å². The van der Waals surface area contributed by atoms with Gasteiger partial charge in [-0.15, -0.1) is 11.3 Å². The SMILES string of the molecule is O=C(Cn1c(-c2cccs2)n[nH]c1=S)NCCO. The molecular weight excluding hydrogens is 272 g/mol. The smallest absolute Gasteiger partial charge is 0.240 e. The summed E-state index contributed by atoms with van der Waals surface area (Å²) < 4.78 is 2.03. The standard InChI is InChI=1S/C10H12N4O2S2/c15-4-3-11-8(16)6-14-9(12-13-10(14)17)7-2-1-5-18-7/h1-2,5,15H,3-4,6H2,(H,11,16)(H,13,17). The monoisotopic (exact) mass is 284 g/mol. The fourth-order valence-corrected chi connectivity index (χ4v) is 2.37. The summed E-state index contributed by atoms with van der Waals surface area (Å²) in [5.74, 6) is 0.438. The molecule has 6 nitrogen and oxygen atoms in total. The lowest BCUT2D eigenvalue weighted by Crippen LogP contribution is -2.30. The number of hydrogen-bond donors (Lipinski definition) is 3. The minimum Gasteiger partial charge on any atom is -0.395 e. The molecule has 2 rings (SSSR count). The van der Waals surface area contributed by atoms with Crippen LogP contribution in [-0.2, 0) is 11.3 Å². The van der Waals surface area contributed by atoms with Crippen molar-refractivity contribution in [1.29, 1.82) is 0 Å². The van der Waals surface area contributed by atoms with Crippen molar-refractivity contribution in [1.82, 2.24) is 20.1 Å². The molecule has 0 aliphatic carbocycles. The Morgan fingerprint density at radius 2 is 2.50 bits per heavy atom. The Balaban J connectivity index is 2.20. The highest BCUT2D eigenvalue weighted by molar-refractivity contribution is 7.71. The van der Waals surface area contributed by atoms with Gasteiger partial charge in [-0.3, -0.25) is 14.5 Å². The van der Waals surface area contributed by atoms with Crippen molar-refractivity contribution < 1.29 is 9.90 Å². The third-order valence-corrected chi connectivity index (χ3v) is 3.41. The van der Waals surface area contributed by atoms with Crippen LogP contribution in [0.4, 0.5) is 0 Å². The first-order valence-electron chi connectivity index (χ1n) is 5.29. The minimum absolute atomic E-state index is 0.0830. The lowest BCUT2D eigenvalue weighted by atomic mass is 10.4. The maximum atomic E-state index is 11.6. The molecule has 0 spiro atoms. The number of H-pyrrole nitrogens is 1. The van der Waals surface area contributed by atoms with E-state index in [9.17, 15) is 4.79 Å². The van der Waals surface area contributed by atoms with Gasteiger partial charge in [0.05, 0.1) is 11.5 Å². The molecule has 0 saturated heterocycles. The molecule has 2 heterocycles. The van der Waals surface area contributed by atoms with E-state index in [4.69, 9.17) is 17.3 Å². The number of amides is 1. The van der Waals surface area contributed by atoms with Crippen LogP contribution in [0.5, 0.6) is 0 Å². The van der Waals surface area contributed by atoms with Gasteiger partial charge < -0.3 is 10.4 Å². The summed E-state index contributed by atoms with van der Waals surface area (Å²) in [6.45, 7) is 0.237. The summed E-state index contributed by atoms with van der Waals surface area (Å²) >= 11 is 6.63. The van der Waals surface area contributed by atoms with Gasteiger partial charge in [-0.1, -0.05) is 6.07 Å². The zero-order valence-electron chi connectivity index (χ0n) is 9.42. The summed E-state index contributed by atoms with van der Waals surface area (Å²) in [4.78, 5) is 12.6. The van der Waals surface area contributed by atoms with Crippen LogP contribution in [0.15, 0.2) is 17.5 Å². The maximum absolute atomic E-state index is 11.6. The Morgan fingerprint density at radius 1 is 1.67 bits per heavy atom. The first kappa shape index (κ1) is 12.9. The van der Waals surface area contributed by atoms with Crippen LogP contribution in [0.3, 0.4) is 0 Å². The molecule has 0 aliphatic heterocycles. The molecule has 96 valence electrons. The summed E-state index contributed by atoms with van der Waals surface area (Å²) in [6, 6.07) is 3.83. The fraction of sp³-hybridized carbons (Fsp3) is 0.300. The van der Waals surface area contributed by atoms with E-state index < -0.39 is 0 Å². The van der Waals surface area contributed by atoms with E-state index >= 15 is 0 Å². The van der Waals surface area contributed by atoms with Crippen molar-refractivity contribution in [3.05, 3.63) is 22.3 Å². The molecule has 0 saturated carbocycles. The second kappa shape index (κ2) is 5.89. The van der Waals surface area contributed by atoms with E-state index in [1.807, 2.05) is 17.5 Å². The Hall–Kier alpha value is -1.51. The molecule has 0 fully saturated rings. The molecule has 0 unspecified atom stereocenters. The molecular formula is C10H12N4O2S2. The van der Waals surface area contributed by atoms with E-state index in [0.29, 0.717) is 10.6 Å². The number of thiophene rings is 1. The number of aliphatic hydroxyl groups excluding tert-OH is 1. The van der Waals surface area contributed by atoms with Crippen molar-refractivity contribution in [2.75, 3.05) is 13.2 Å². The van der Waals surface area contributed by atoms with E-state index in [1.165, 1.54) is 11.3 Å². The van der Waals surface area contributed by atoms with E-state index in [-0.39, 0.29) is 25.6 Å².